The van der Waals surface area contributed by atoms with Gasteiger partial charge in [0.05, 0.1) is 17.3 Å². The van der Waals surface area contributed by atoms with E-state index in [4.69, 9.17) is 11.6 Å². The number of piperazine rings is 1. The van der Waals surface area contributed by atoms with E-state index in [2.05, 4.69) is 5.32 Å². The smallest absolute Gasteiger partial charge is 0.246 e. The minimum atomic E-state index is -0.123. The highest BCUT2D eigenvalue weighted by Gasteiger charge is 2.22. The molecule has 0 spiro atoms. The van der Waals surface area contributed by atoms with Gasteiger partial charge >= 0.3 is 0 Å². The summed E-state index contributed by atoms with van der Waals surface area (Å²) in [5.41, 5.74) is 2.41. The van der Waals surface area contributed by atoms with Gasteiger partial charge in [0.1, 0.15) is 0 Å². The van der Waals surface area contributed by atoms with Crippen LogP contribution in [0.5, 0.6) is 0 Å². The number of carbonyl (C=O) groups is 3. The average molecular weight is 467 g/mol. The van der Waals surface area contributed by atoms with Crippen LogP contribution in [-0.2, 0) is 14.4 Å². The van der Waals surface area contributed by atoms with E-state index in [0.29, 0.717) is 43.3 Å². The molecule has 1 N–H and O–H groups in total. The predicted molar refractivity (Wildman–Crippen MR) is 130 cm³/mol. The van der Waals surface area contributed by atoms with Gasteiger partial charge in [0.2, 0.25) is 17.7 Å². The molecule has 7 nitrogen and oxygen atoms in total. The molecule has 4 rings (SSSR count). The molecule has 33 heavy (non-hydrogen) atoms. The second-order valence-corrected chi connectivity index (χ2v) is 8.61. The van der Waals surface area contributed by atoms with E-state index in [-0.39, 0.29) is 24.3 Å². The van der Waals surface area contributed by atoms with E-state index in [1.54, 1.807) is 34.1 Å². The molecule has 0 unspecified atom stereocenters. The molecule has 2 aromatic carbocycles. The molecule has 2 aliphatic rings. The number of anilines is 2. The van der Waals surface area contributed by atoms with E-state index < -0.39 is 0 Å². The first-order valence-electron chi connectivity index (χ1n) is 11.1. The van der Waals surface area contributed by atoms with Crippen molar-refractivity contribution in [3.63, 3.8) is 0 Å². The van der Waals surface area contributed by atoms with Crippen LogP contribution in [0, 0.1) is 0 Å². The SMILES string of the molecule is O=C(CN1CCN(C(=O)/C=C/c2ccc(N3CCCC3=O)cc2)CC1)Nc1ccccc1Cl. The summed E-state index contributed by atoms with van der Waals surface area (Å²) in [6.45, 7) is 3.42. The zero-order chi connectivity index (χ0) is 23.2. The van der Waals surface area contributed by atoms with Gasteiger partial charge in [0, 0.05) is 50.9 Å². The Morgan fingerprint density at radius 3 is 2.36 bits per heavy atom. The summed E-state index contributed by atoms with van der Waals surface area (Å²) >= 11 is 6.09. The summed E-state index contributed by atoms with van der Waals surface area (Å²) in [6.07, 6.45) is 4.88. The fourth-order valence-electron chi connectivity index (χ4n) is 4.04. The van der Waals surface area contributed by atoms with Crippen LogP contribution < -0.4 is 10.2 Å². The van der Waals surface area contributed by atoms with E-state index in [1.807, 2.05) is 41.3 Å². The van der Waals surface area contributed by atoms with Gasteiger partial charge < -0.3 is 15.1 Å². The van der Waals surface area contributed by atoms with Gasteiger partial charge in [-0.2, -0.15) is 0 Å². The average Bonchev–Trinajstić information content (AvgIpc) is 3.25. The number of nitrogens with one attached hydrogen (secondary N) is 1. The molecule has 2 heterocycles. The van der Waals surface area contributed by atoms with Gasteiger partial charge in [-0.3, -0.25) is 19.3 Å². The van der Waals surface area contributed by atoms with Crippen molar-refractivity contribution >= 4 is 46.8 Å². The van der Waals surface area contributed by atoms with Gasteiger partial charge in [0.15, 0.2) is 0 Å². The largest absolute Gasteiger partial charge is 0.337 e. The van der Waals surface area contributed by atoms with E-state index in [9.17, 15) is 14.4 Å². The Labute approximate surface area is 198 Å². The Bertz CT molecular complexity index is 1050. The minimum absolute atomic E-state index is 0.0473. The Kier molecular flexibility index (Phi) is 7.42. The van der Waals surface area contributed by atoms with Crippen LogP contribution in [0.3, 0.4) is 0 Å². The number of benzene rings is 2. The third-order valence-electron chi connectivity index (χ3n) is 5.90. The predicted octanol–water partition coefficient (Wildman–Crippen LogP) is 3.26. The fraction of sp³-hybridized carbons (Fsp3) is 0.320. The van der Waals surface area contributed by atoms with Gasteiger partial charge in [-0.15, -0.1) is 0 Å². The fourth-order valence-corrected chi connectivity index (χ4v) is 4.22. The summed E-state index contributed by atoms with van der Waals surface area (Å²) in [5.74, 6) is -0.00947. The third-order valence-corrected chi connectivity index (χ3v) is 6.23. The molecular formula is C25H27ClN4O3. The highest BCUT2D eigenvalue weighted by atomic mass is 35.5. The van der Waals surface area contributed by atoms with Crippen LogP contribution in [0.1, 0.15) is 18.4 Å². The maximum atomic E-state index is 12.6. The lowest BCUT2D eigenvalue weighted by atomic mass is 10.1. The molecule has 2 saturated heterocycles. The monoisotopic (exact) mass is 466 g/mol. The standard InChI is InChI=1S/C25H27ClN4O3/c26-21-4-1-2-5-22(21)27-23(31)18-28-14-16-29(17-15-28)24(32)12-9-19-7-10-20(11-8-19)30-13-3-6-25(30)33/h1-2,4-5,7-12H,3,6,13-18H2,(H,27,31)/b12-9+. The lowest BCUT2D eigenvalue weighted by Crippen LogP contribution is -2.50. The Balaban J connectivity index is 1.23. The zero-order valence-electron chi connectivity index (χ0n) is 18.4. The van der Waals surface area contributed by atoms with Gasteiger partial charge in [-0.25, -0.2) is 0 Å². The maximum absolute atomic E-state index is 12.6. The lowest BCUT2D eigenvalue weighted by Gasteiger charge is -2.33. The molecule has 2 aliphatic heterocycles. The summed E-state index contributed by atoms with van der Waals surface area (Å²) in [6, 6.07) is 14.8. The number of hydrogen-bond donors (Lipinski definition) is 1. The van der Waals surface area contributed by atoms with Crippen LogP contribution in [-0.4, -0.2) is 66.8 Å². The van der Waals surface area contributed by atoms with Gasteiger partial charge in [-0.05, 0) is 42.3 Å². The highest BCUT2D eigenvalue weighted by Crippen LogP contribution is 2.22. The molecule has 0 aliphatic carbocycles. The molecular weight excluding hydrogens is 440 g/mol. The number of amides is 3. The molecule has 0 saturated carbocycles. The van der Waals surface area contributed by atoms with Crippen molar-refractivity contribution in [2.24, 2.45) is 0 Å². The number of halogens is 1. The second kappa shape index (κ2) is 10.6. The third kappa shape index (κ3) is 6.00. The van der Waals surface area contributed by atoms with Crippen LogP contribution in [0.4, 0.5) is 11.4 Å². The maximum Gasteiger partial charge on any atom is 0.246 e. The quantitative estimate of drug-likeness (QED) is 0.663. The molecule has 3 amide bonds. The first-order chi connectivity index (χ1) is 16.0. The molecule has 0 aromatic heterocycles. The van der Waals surface area contributed by atoms with Gasteiger partial charge in [0.25, 0.3) is 0 Å². The summed E-state index contributed by atoms with van der Waals surface area (Å²) in [5, 5.41) is 3.33. The molecule has 0 atom stereocenters. The number of hydrogen-bond acceptors (Lipinski definition) is 4. The van der Waals surface area contributed by atoms with E-state index >= 15 is 0 Å². The Morgan fingerprint density at radius 1 is 0.970 bits per heavy atom. The van der Waals surface area contributed by atoms with Crippen LogP contribution in [0.15, 0.2) is 54.6 Å². The Morgan fingerprint density at radius 2 is 1.70 bits per heavy atom. The van der Waals surface area contributed by atoms with Crippen LogP contribution in [0.2, 0.25) is 5.02 Å². The van der Waals surface area contributed by atoms with Crippen LogP contribution in [0.25, 0.3) is 6.08 Å². The number of para-hydroxylation sites is 1. The van der Waals surface area contributed by atoms with Crippen molar-refractivity contribution in [2.75, 3.05) is 49.5 Å². The van der Waals surface area contributed by atoms with Gasteiger partial charge in [-0.1, -0.05) is 35.9 Å². The molecule has 0 radical (unpaired) electrons. The molecule has 8 heteroatoms. The molecule has 172 valence electrons. The molecule has 0 bridgehead atoms. The van der Waals surface area contributed by atoms with E-state index in [1.165, 1.54) is 0 Å². The Hall–Kier alpha value is -3.16. The number of carbonyl (C=O) groups excluding carboxylic acids is 3. The highest BCUT2D eigenvalue weighted by molar-refractivity contribution is 6.33. The van der Waals surface area contributed by atoms with Crippen molar-refractivity contribution in [2.45, 2.75) is 12.8 Å². The lowest BCUT2D eigenvalue weighted by molar-refractivity contribution is -0.128. The first kappa shape index (κ1) is 23.0. The van der Waals surface area contributed by atoms with E-state index in [0.717, 1.165) is 24.2 Å². The normalized spacial score (nSPS) is 17.1. The summed E-state index contributed by atoms with van der Waals surface area (Å²) in [4.78, 5) is 42.4. The summed E-state index contributed by atoms with van der Waals surface area (Å²) in [7, 11) is 0. The van der Waals surface area contributed by atoms with Crippen molar-refractivity contribution in [3.05, 3.63) is 65.2 Å². The number of rotatable bonds is 6. The topological polar surface area (TPSA) is 73.0 Å². The zero-order valence-corrected chi connectivity index (χ0v) is 19.1. The minimum Gasteiger partial charge on any atom is -0.337 e. The molecule has 2 fully saturated rings. The van der Waals surface area contributed by atoms with Crippen molar-refractivity contribution in [1.29, 1.82) is 0 Å². The first-order valence-corrected chi connectivity index (χ1v) is 11.5. The van der Waals surface area contributed by atoms with Crippen molar-refractivity contribution < 1.29 is 14.4 Å². The van der Waals surface area contributed by atoms with Crippen LogP contribution >= 0.6 is 11.6 Å². The van der Waals surface area contributed by atoms with Crippen molar-refractivity contribution in [1.82, 2.24) is 9.80 Å². The summed E-state index contributed by atoms with van der Waals surface area (Å²) < 4.78 is 0. The number of nitrogens with zero attached hydrogens (tertiary/aromatic N) is 3. The van der Waals surface area contributed by atoms with Crippen molar-refractivity contribution in [3.8, 4) is 0 Å². The second-order valence-electron chi connectivity index (χ2n) is 8.20. The molecule has 2 aromatic rings.